The lowest BCUT2D eigenvalue weighted by molar-refractivity contribution is -0.669. The number of likely N-dealkylation sites (N-methyl/N-ethyl adjacent to an activating group) is 1. The minimum absolute atomic E-state index is 0.178. The van der Waals surface area contributed by atoms with Crippen molar-refractivity contribution in [3.63, 3.8) is 0 Å². The molecule has 0 N–H and O–H groups in total. The SMILES string of the molecule is CCN1C(=Cc2ccc3cc(C)ccc3[n+]2CC)C=Cc2cc(C)ccc21.Cc1ccc(S(=O)(=O)[O-])cc1. The molecule has 0 radical (unpaired) electrons. The van der Waals surface area contributed by atoms with Gasteiger partial charge in [0.05, 0.1) is 4.90 Å². The number of nitrogens with zero attached hydrogens (tertiary/aromatic N) is 2. The summed E-state index contributed by atoms with van der Waals surface area (Å²) in [4.78, 5) is 2.22. The molecule has 3 aromatic carbocycles. The van der Waals surface area contributed by atoms with Crippen molar-refractivity contribution in [2.24, 2.45) is 0 Å². The van der Waals surface area contributed by atoms with E-state index in [4.69, 9.17) is 0 Å². The summed E-state index contributed by atoms with van der Waals surface area (Å²) in [6.45, 7) is 12.5. The number of hydrogen-bond acceptors (Lipinski definition) is 4. The van der Waals surface area contributed by atoms with E-state index >= 15 is 0 Å². The fraction of sp³-hybridized carbons (Fsp3) is 0.219. The summed E-state index contributed by atoms with van der Waals surface area (Å²) in [5.41, 5.74) is 9.88. The average Bonchev–Trinajstić information content (AvgIpc) is 2.88. The fourth-order valence-electron chi connectivity index (χ4n) is 4.73. The lowest BCUT2D eigenvalue weighted by atomic mass is 10.0. The number of pyridine rings is 1. The molecule has 0 fully saturated rings. The highest BCUT2D eigenvalue weighted by Gasteiger charge is 2.19. The maximum Gasteiger partial charge on any atom is 0.212 e. The first-order valence-corrected chi connectivity index (χ1v) is 14.2. The Morgan fingerprint density at radius 3 is 2.13 bits per heavy atom. The maximum absolute atomic E-state index is 10.4. The van der Waals surface area contributed by atoms with Gasteiger partial charge in [-0.2, -0.15) is 4.57 Å². The summed E-state index contributed by atoms with van der Waals surface area (Å²) in [5, 5.41) is 1.30. The molecule has 2 heterocycles. The van der Waals surface area contributed by atoms with Gasteiger partial charge in [-0.25, -0.2) is 8.42 Å². The van der Waals surface area contributed by atoms with E-state index in [0.717, 1.165) is 18.7 Å². The average molecular weight is 527 g/mol. The summed E-state index contributed by atoms with van der Waals surface area (Å²) in [5.74, 6) is 0. The Morgan fingerprint density at radius 1 is 0.816 bits per heavy atom. The van der Waals surface area contributed by atoms with Gasteiger partial charge in [-0.3, -0.25) is 0 Å². The fourth-order valence-corrected chi connectivity index (χ4v) is 5.20. The van der Waals surface area contributed by atoms with Crippen LogP contribution in [0, 0.1) is 20.8 Å². The molecular formula is C32H34N2O3S. The van der Waals surface area contributed by atoms with Gasteiger partial charge < -0.3 is 9.45 Å². The van der Waals surface area contributed by atoms with Crippen molar-refractivity contribution in [2.45, 2.75) is 46.1 Å². The standard InChI is InChI=1S/C25H27N2.C7H8O3S/c1-5-26-22(11-9-20-15-18(3)7-13-24(20)26)17-23-12-10-21-16-19(4)8-14-25(21)27(23)6-2;1-6-2-4-7(5-3-6)11(8,9)10/h7-17H,5-6H2,1-4H3;2-5H,1H3,(H,8,9,10)/q+1;/p-1. The van der Waals surface area contributed by atoms with E-state index in [9.17, 15) is 13.0 Å². The monoisotopic (exact) mass is 526 g/mol. The van der Waals surface area contributed by atoms with E-state index in [0.29, 0.717) is 0 Å². The van der Waals surface area contributed by atoms with Gasteiger partial charge >= 0.3 is 0 Å². The van der Waals surface area contributed by atoms with Crippen molar-refractivity contribution in [2.75, 3.05) is 11.4 Å². The van der Waals surface area contributed by atoms with E-state index in [1.807, 2.05) is 6.92 Å². The van der Waals surface area contributed by atoms with Gasteiger partial charge in [0.1, 0.15) is 16.7 Å². The third-order valence-corrected chi connectivity index (χ3v) is 7.53. The minimum atomic E-state index is -4.27. The van der Waals surface area contributed by atoms with E-state index in [1.54, 1.807) is 12.1 Å². The van der Waals surface area contributed by atoms with Gasteiger partial charge in [0.15, 0.2) is 0 Å². The molecule has 38 heavy (non-hydrogen) atoms. The van der Waals surface area contributed by atoms with Crippen LogP contribution in [-0.4, -0.2) is 19.5 Å². The molecule has 1 aliphatic heterocycles. The molecule has 0 saturated carbocycles. The molecular weight excluding hydrogens is 492 g/mol. The molecule has 5 rings (SSSR count). The normalized spacial score (nSPS) is 13.8. The third kappa shape index (κ3) is 6.04. The Balaban J connectivity index is 0.000000257. The van der Waals surface area contributed by atoms with Crippen molar-refractivity contribution < 1.29 is 17.5 Å². The second-order valence-corrected chi connectivity index (χ2v) is 10.9. The quantitative estimate of drug-likeness (QED) is 0.223. The smallest absolute Gasteiger partial charge is 0.212 e. The van der Waals surface area contributed by atoms with Crippen molar-refractivity contribution in [3.05, 3.63) is 113 Å². The Labute approximate surface area is 226 Å². The summed E-state index contributed by atoms with van der Waals surface area (Å²) in [6, 6.07) is 23.7. The Hall–Kier alpha value is -3.74. The van der Waals surface area contributed by atoms with E-state index < -0.39 is 10.1 Å². The van der Waals surface area contributed by atoms with Gasteiger partial charge in [-0.1, -0.05) is 47.0 Å². The van der Waals surface area contributed by atoms with Gasteiger partial charge in [-0.05, 0) is 82.7 Å². The number of benzene rings is 3. The van der Waals surface area contributed by atoms with Crippen molar-refractivity contribution in [1.29, 1.82) is 0 Å². The summed E-state index contributed by atoms with van der Waals surface area (Å²) in [7, 11) is -4.27. The molecule has 4 aromatic rings. The van der Waals surface area contributed by atoms with Crippen molar-refractivity contribution in [3.8, 4) is 0 Å². The number of rotatable bonds is 4. The van der Waals surface area contributed by atoms with Crippen LogP contribution in [0.2, 0.25) is 0 Å². The third-order valence-electron chi connectivity index (χ3n) is 6.68. The van der Waals surface area contributed by atoms with Crippen LogP contribution in [0.25, 0.3) is 23.1 Å². The lowest BCUT2D eigenvalue weighted by Crippen LogP contribution is -2.37. The minimum Gasteiger partial charge on any atom is -0.744 e. The van der Waals surface area contributed by atoms with Crippen LogP contribution < -0.4 is 9.47 Å². The first kappa shape index (κ1) is 27.3. The highest BCUT2D eigenvalue weighted by atomic mass is 32.2. The van der Waals surface area contributed by atoms with Crippen LogP contribution in [0.1, 0.15) is 41.8 Å². The lowest BCUT2D eigenvalue weighted by Gasteiger charge is -2.29. The molecule has 6 heteroatoms. The van der Waals surface area contributed by atoms with E-state index in [2.05, 4.69) is 104 Å². The highest BCUT2D eigenvalue weighted by Crippen LogP contribution is 2.32. The largest absolute Gasteiger partial charge is 0.744 e. The second kappa shape index (κ2) is 11.3. The first-order chi connectivity index (χ1) is 18.1. The predicted molar refractivity (Wildman–Crippen MR) is 155 cm³/mol. The number of aromatic nitrogens is 1. The van der Waals surface area contributed by atoms with E-state index in [1.165, 1.54) is 56.8 Å². The number of fused-ring (bicyclic) bond motifs is 2. The predicted octanol–water partition coefficient (Wildman–Crippen LogP) is 6.56. The van der Waals surface area contributed by atoms with Crippen LogP contribution in [-0.2, 0) is 16.7 Å². The zero-order valence-electron chi connectivity index (χ0n) is 22.6. The Bertz CT molecular complexity index is 1640. The van der Waals surface area contributed by atoms with Gasteiger partial charge in [-0.15, -0.1) is 0 Å². The summed E-state index contributed by atoms with van der Waals surface area (Å²) < 4.78 is 33.6. The van der Waals surface area contributed by atoms with Gasteiger partial charge in [0, 0.05) is 41.5 Å². The number of allylic oxidation sites excluding steroid dienone is 1. The van der Waals surface area contributed by atoms with Crippen LogP contribution >= 0.6 is 0 Å². The summed E-state index contributed by atoms with van der Waals surface area (Å²) >= 11 is 0. The molecule has 0 bridgehead atoms. The molecule has 1 aromatic heterocycles. The number of anilines is 1. The zero-order valence-corrected chi connectivity index (χ0v) is 23.4. The van der Waals surface area contributed by atoms with Crippen LogP contribution in [0.4, 0.5) is 5.69 Å². The molecule has 196 valence electrons. The van der Waals surface area contributed by atoms with Crippen molar-refractivity contribution >= 4 is 38.9 Å². The molecule has 0 unspecified atom stereocenters. The van der Waals surface area contributed by atoms with Gasteiger partial charge in [0.2, 0.25) is 11.2 Å². The number of aryl methyl sites for hydroxylation is 4. The zero-order chi connectivity index (χ0) is 27.4. The molecule has 0 atom stereocenters. The Morgan fingerprint density at radius 2 is 1.47 bits per heavy atom. The van der Waals surface area contributed by atoms with Crippen LogP contribution in [0.5, 0.6) is 0 Å². The topological polar surface area (TPSA) is 64.3 Å². The molecule has 0 spiro atoms. The highest BCUT2D eigenvalue weighted by molar-refractivity contribution is 7.85. The molecule has 0 amide bonds. The van der Waals surface area contributed by atoms with E-state index in [-0.39, 0.29) is 4.90 Å². The van der Waals surface area contributed by atoms with Gasteiger partial charge in [0.25, 0.3) is 0 Å². The maximum atomic E-state index is 10.4. The second-order valence-electron chi connectivity index (χ2n) is 9.54. The van der Waals surface area contributed by atoms with Crippen LogP contribution in [0.3, 0.4) is 0 Å². The van der Waals surface area contributed by atoms with Crippen LogP contribution in [0.15, 0.2) is 89.5 Å². The van der Waals surface area contributed by atoms with Crippen molar-refractivity contribution in [1.82, 2.24) is 0 Å². The molecule has 1 aliphatic rings. The Kier molecular flexibility index (Phi) is 8.14. The first-order valence-electron chi connectivity index (χ1n) is 12.8. The molecule has 5 nitrogen and oxygen atoms in total. The number of hydrogen-bond donors (Lipinski definition) is 0. The summed E-state index contributed by atoms with van der Waals surface area (Å²) in [6.07, 6.45) is 6.79. The molecule has 0 aliphatic carbocycles. The molecule has 0 saturated heterocycles.